The van der Waals surface area contributed by atoms with Gasteiger partial charge in [-0.1, -0.05) is 23.2 Å². The van der Waals surface area contributed by atoms with E-state index in [-0.39, 0.29) is 21.4 Å². The molecule has 0 aliphatic heterocycles. The predicted octanol–water partition coefficient (Wildman–Crippen LogP) is 3.43. The second kappa shape index (κ2) is 6.05. The number of anilines is 2. The van der Waals surface area contributed by atoms with Crippen molar-refractivity contribution >= 4 is 40.5 Å². The van der Waals surface area contributed by atoms with Gasteiger partial charge in [0.05, 0.1) is 15.7 Å². The summed E-state index contributed by atoms with van der Waals surface area (Å²) in [5.41, 5.74) is 4.93. The van der Waals surface area contributed by atoms with Crippen molar-refractivity contribution in [2.45, 2.75) is 12.7 Å². The van der Waals surface area contributed by atoms with E-state index in [9.17, 15) is 18.0 Å². The van der Waals surface area contributed by atoms with Crippen molar-refractivity contribution in [3.63, 3.8) is 0 Å². The summed E-state index contributed by atoms with van der Waals surface area (Å²) in [5, 5.41) is 6.02. The molecule has 0 aliphatic rings. The lowest BCUT2D eigenvalue weighted by atomic mass is 10.3. The van der Waals surface area contributed by atoms with E-state index in [0.717, 1.165) is 16.9 Å². The molecule has 5 nitrogen and oxygen atoms in total. The number of amides is 1. The molecule has 0 saturated carbocycles. The van der Waals surface area contributed by atoms with Crippen molar-refractivity contribution in [2.24, 2.45) is 0 Å². The summed E-state index contributed by atoms with van der Waals surface area (Å²) in [7, 11) is 0. The number of benzene rings is 1. The molecule has 2 aromatic rings. The molecule has 118 valence electrons. The average molecular weight is 353 g/mol. The zero-order chi connectivity index (χ0) is 16.5. The molecule has 1 amide bonds. The van der Waals surface area contributed by atoms with Gasteiger partial charge in [0, 0.05) is 11.9 Å². The van der Waals surface area contributed by atoms with Crippen LogP contribution in [-0.2, 0) is 17.5 Å². The molecule has 0 bridgehead atoms. The molecule has 1 aromatic carbocycles. The van der Waals surface area contributed by atoms with Crippen LogP contribution >= 0.6 is 23.2 Å². The van der Waals surface area contributed by atoms with E-state index >= 15 is 0 Å². The van der Waals surface area contributed by atoms with Crippen LogP contribution in [0.3, 0.4) is 0 Å². The summed E-state index contributed by atoms with van der Waals surface area (Å²) in [4.78, 5) is 11.8. The minimum Gasteiger partial charge on any atom is -0.396 e. The third-order valence-electron chi connectivity index (χ3n) is 2.60. The molecule has 1 aromatic heterocycles. The lowest BCUT2D eigenvalue weighted by molar-refractivity contribution is -0.141. The zero-order valence-electron chi connectivity index (χ0n) is 10.8. The maximum absolute atomic E-state index is 12.4. The van der Waals surface area contributed by atoms with Crippen LogP contribution in [-0.4, -0.2) is 15.7 Å². The second-order valence-corrected chi connectivity index (χ2v) is 5.11. The van der Waals surface area contributed by atoms with Crippen LogP contribution in [0, 0.1) is 0 Å². The number of alkyl halides is 3. The Balaban J connectivity index is 2.06. The molecular weight excluding hydrogens is 344 g/mol. The van der Waals surface area contributed by atoms with Gasteiger partial charge in [-0.15, -0.1) is 0 Å². The molecule has 0 radical (unpaired) electrons. The molecular formula is C12H9Cl2F3N4O. The maximum Gasteiger partial charge on any atom is 0.435 e. The van der Waals surface area contributed by atoms with Crippen molar-refractivity contribution in [1.82, 2.24) is 9.78 Å². The Kier molecular flexibility index (Phi) is 4.52. The summed E-state index contributed by atoms with van der Waals surface area (Å²) in [6.07, 6.45) is -3.49. The first kappa shape index (κ1) is 16.4. The van der Waals surface area contributed by atoms with Crippen LogP contribution in [0.1, 0.15) is 5.69 Å². The maximum atomic E-state index is 12.4. The first-order chi connectivity index (χ1) is 10.2. The largest absolute Gasteiger partial charge is 0.435 e. The molecule has 3 N–H and O–H groups in total. The Hall–Kier alpha value is -1.93. The number of nitrogens with zero attached hydrogens (tertiary/aromatic N) is 2. The fourth-order valence-electron chi connectivity index (χ4n) is 1.61. The van der Waals surface area contributed by atoms with Crippen molar-refractivity contribution in [2.75, 3.05) is 11.1 Å². The van der Waals surface area contributed by atoms with Crippen molar-refractivity contribution in [3.05, 3.63) is 40.1 Å². The van der Waals surface area contributed by atoms with Gasteiger partial charge in [0.25, 0.3) is 0 Å². The number of carbonyl (C=O) groups is 1. The molecule has 0 unspecified atom stereocenters. The minimum absolute atomic E-state index is 0.154. The quantitative estimate of drug-likeness (QED) is 0.831. The number of nitrogens with two attached hydrogens (primary N) is 1. The third-order valence-corrected chi connectivity index (χ3v) is 3.22. The fraction of sp³-hybridized carbons (Fsp3) is 0.167. The highest BCUT2D eigenvalue weighted by molar-refractivity contribution is 6.39. The molecule has 0 fully saturated rings. The number of nitrogens with one attached hydrogen (secondary N) is 1. The van der Waals surface area contributed by atoms with Crippen molar-refractivity contribution in [3.8, 4) is 0 Å². The number of carbonyl (C=O) groups excluding carboxylic acids is 1. The topological polar surface area (TPSA) is 72.9 Å². The summed E-state index contributed by atoms with van der Waals surface area (Å²) in [5.74, 6) is -0.589. The van der Waals surface area contributed by atoms with Crippen LogP contribution in [0.25, 0.3) is 0 Å². The zero-order valence-corrected chi connectivity index (χ0v) is 12.3. The number of aromatic nitrogens is 2. The molecule has 0 atom stereocenters. The molecule has 0 aliphatic carbocycles. The van der Waals surface area contributed by atoms with E-state index in [1.165, 1.54) is 12.1 Å². The number of nitrogen functional groups attached to an aromatic ring is 1. The van der Waals surface area contributed by atoms with Gasteiger partial charge >= 0.3 is 6.18 Å². The number of rotatable bonds is 3. The highest BCUT2D eigenvalue weighted by Gasteiger charge is 2.33. The van der Waals surface area contributed by atoms with E-state index in [1.807, 2.05) is 0 Å². The molecule has 0 spiro atoms. The van der Waals surface area contributed by atoms with Gasteiger partial charge in [0.15, 0.2) is 5.69 Å². The Morgan fingerprint density at radius 2 is 1.91 bits per heavy atom. The summed E-state index contributed by atoms with van der Waals surface area (Å²) in [6.45, 7) is -0.393. The van der Waals surface area contributed by atoms with Gasteiger partial charge in [-0.25, -0.2) is 0 Å². The van der Waals surface area contributed by atoms with Crippen LogP contribution in [0.5, 0.6) is 0 Å². The van der Waals surface area contributed by atoms with Gasteiger partial charge in [-0.05, 0) is 18.2 Å². The van der Waals surface area contributed by atoms with Gasteiger partial charge < -0.3 is 11.1 Å². The Morgan fingerprint density at radius 1 is 1.32 bits per heavy atom. The summed E-state index contributed by atoms with van der Waals surface area (Å²) < 4.78 is 38.1. The molecule has 0 saturated heterocycles. The first-order valence-corrected chi connectivity index (χ1v) is 6.57. The Morgan fingerprint density at radius 3 is 2.41 bits per heavy atom. The first-order valence-electron chi connectivity index (χ1n) is 5.82. The second-order valence-electron chi connectivity index (χ2n) is 4.30. The predicted molar refractivity (Wildman–Crippen MR) is 76.7 cm³/mol. The van der Waals surface area contributed by atoms with Crippen molar-refractivity contribution < 1.29 is 18.0 Å². The van der Waals surface area contributed by atoms with E-state index < -0.39 is 24.3 Å². The minimum atomic E-state index is -4.56. The highest BCUT2D eigenvalue weighted by Crippen LogP contribution is 2.31. The normalized spacial score (nSPS) is 11.5. The van der Waals surface area contributed by atoms with Crippen molar-refractivity contribution in [1.29, 1.82) is 0 Å². The van der Waals surface area contributed by atoms with Crippen LogP contribution in [0.2, 0.25) is 10.0 Å². The average Bonchev–Trinajstić information content (AvgIpc) is 2.84. The van der Waals surface area contributed by atoms with E-state index in [4.69, 9.17) is 28.9 Å². The molecule has 10 heteroatoms. The highest BCUT2D eigenvalue weighted by atomic mass is 35.5. The number of halogens is 5. The van der Waals surface area contributed by atoms with Crippen LogP contribution in [0.15, 0.2) is 24.4 Å². The Bertz CT molecular complexity index is 692. The smallest absolute Gasteiger partial charge is 0.396 e. The number of hydrogen-bond donors (Lipinski definition) is 2. The van der Waals surface area contributed by atoms with Gasteiger partial charge in [0.1, 0.15) is 6.54 Å². The lowest BCUT2D eigenvalue weighted by Crippen LogP contribution is -2.19. The van der Waals surface area contributed by atoms with Gasteiger partial charge in [0.2, 0.25) is 5.91 Å². The van der Waals surface area contributed by atoms with Crippen LogP contribution < -0.4 is 11.1 Å². The lowest BCUT2D eigenvalue weighted by Gasteiger charge is -2.08. The van der Waals surface area contributed by atoms with Gasteiger partial charge in [-0.2, -0.15) is 18.3 Å². The number of hydrogen-bond acceptors (Lipinski definition) is 3. The van der Waals surface area contributed by atoms with E-state index in [0.29, 0.717) is 0 Å². The summed E-state index contributed by atoms with van der Waals surface area (Å²) >= 11 is 11.6. The summed E-state index contributed by atoms with van der Waals surface area (Å²) in [6, 6.07) is 3.54. The SMILES string of the molecule is Nc1c(Cl)cc(NC(=O)Cn2ccc(C(F)(F)F)n2)cc1Cl. The Labute approximate surface area is 132 Å². The van der Waals surface area contributed by atoms with E-state index in [2.05, 4.69) is 10.4 Å². The van der Waals surface area contributed by atoms with Crippen LogP contribution in [0.4, 0.5) is 24.5 Å². The van der Waals surface area contributed by atoms with Gasteiger partial charge in [-0.3, -0.25) is 9.48 Å². The van der Waals surface area contributed by atoms with E-state index in [1.54, 1.807) is 0 Å². The third kappa shape index (κ3) is 3.83. The molecule has 1 heterocycles. The monoisotopic (exact) mass is 352 g/mol. The standard InChI is InChI=1S/C12H9Cl2F3N4O/c13-7-3-6(4-8(14)11(7)18)19-10(22)5-21-2-1-9(20-21)12(15,16)17/h1-4H,5,18H2,(H,19,22). The fourth-order valence-corrected chi connectivity index (χ4v) is 2.09. The molecule has 22 heavy (non-hydrogen) atoms. The molecule has 2 rings (SSSR count).